The fraction of sp³-hybridized carbons (Fsp3) is 0.238. The Labute approximate surface area is 162 Å². The molecule has 2 aromatic carbocycles. The van der Waals surface area contributed by atoms with Gasteiger partial charge in [0.15, 0.2) is 0 Å². The fourth-order valence-electron chi connectivity index (χ4n) is 3.27. The summed E-state index contributed by atoms with van der Waals surface area (Å²) in [7, 11) is 1.60. The van der Waals surface area contributed by atoms with E-state index in [1.165, 1.54) is 0 Å². The van der Waals surface area contributed by atoms with Crippen LogP contribution in [0.15, 0.2) is 42.5 Å². The van der Waals surface area contributed by atoms with Crippen molar-refractivity contribution in [2.75, 3.05) is 7.11 Å². The number of aromatic nitrogens is 1. The van der Waals surface area contributed by atoms with Gasteiger partial charge in [0.05, 0.1) is 12.6 Å². The topological polar surface area (TPSA) is 68.5 Å². The standard InChI is InChI=1S/C21H20ClNO4/c1-13-17-12-16(27-2)10-11-19(17)23(18(13)4-3-5-20(24)25)21(26)14-6-8-15(22)9-7-14/h6-12H,3-5H2,1-2H3,(H,24,25). The van der Waals surface area contributed by atoms with E-state index in [-0.39, 0.29) is 12.3 Å². The molecule has 1 heterocycles. The summed E-state index contributed by atoms with van der Waals surface area (Å²) in [6, 6.07) is 12.3. The van der Waals surface area contributed by atoms with Gasteiger partial charge in [0.1, 0.15) is 5.75 Å². The molecule has 0 spiro atoms. The van der Waals surface area contributed by atoms with Gasteiger partial charge in [-0.3, -0.25) is 14.2 Å². The van der Waals surface area contributed by atoms with Gasteiger partial charge in [0, 0.05) is 28.1 Å². The number of hydrogen-bond acceptors (Lipinski definition) is 3. The molecule has 0 unspecified atom stereocenters. The molecule has 27 heavy (non-hydrogen) atoms. The van der Waals surface area contributed by atoms with Crippen LogP contribution >= 0.6 is 11.6 Å². The second-order valence-corrected chi connectivity index (χ2v) is 6.79. The lowest BCUT2D eigenvalue weighted by Crippen LogP contribution is -2.15. The minimum Gasteiger partial charge on any atom is -0.497 e. The molecule has 0 aliphatic carbocycles. The SMILES string of the molecule is COc1ccc2c(c1)c(C)c(CCCC(=O)O)n2C(=O)c1ccc(Cl)cc1. The van der Waals surface area contributed by atoms with Crippen molar-refractivity contribution in [2.24, 2.45) is 0 Å². The molecular formula is C21H20ClNO4. The van der Waals surface area contributed by atoms with Gasteiger partial charge in [-0.05, 0) is 67.8 Å². The summed E-state index contributed by atoms with van der Waals surface area (Å²) in [5, 5.41) is 10.4. The minimum absolute atomic E-state index is 0.0550. The molecule has 5 nitrogen and oxygen atoms in total. The number of carbonyl (C=O) groups excluding carboxylic acids is 1. The van der Waals surface area contributed by atoms with Crippen LogP contribution in [0.2, 0.25) is 5.02 Å². The summed E-state index contributed by atoms with van der Waals surface area (Å²) >= 11 is 5.94. The van der Waals surface area contributed by atoms with Crippen LogP contribution in [0.1, 0.15) is 34.5 Å². The van der Waals surface area contributed by atoms with Crippen LogP contribution in [0, 0.1) is 6.92 Å². The monoisotopic (exact) mass is 385 g/mol. The third-order valence-corrected chi connectivity index (χ3v) is 4.90. The van der Waals surface area contributed by atoms with Crippen molar-refractivity contribution in [3.8, 4) is 5.75 Å². The highest BCUT2D eigenvalue weighted by molar-refractivity contribution is 6.30. The van der Waals surface area contributed by atoms with E-state index in [1.807, 2.05) is 25.1 Å². The van der Waals surface area contributed by atoms with Crippen LogP contribution < -0.4 is 4.74 Å². The molecule has 140 valence electrons. The zero-order valence-electron chi connectivity index (χ0n) is 15.2. The Morgan fingerprint density at radius 2 is 1.85 bits per heavy atom. The maximum atomic E-state index is 13.2. The van der Waals surface area contributed by atoms with Crippen molar-refractivity contribution >= 4 is 34.4 Å². The molecule has 0 saturated heterocycles. The number of ether oxygens (including phenoxy) is 1. The van der Waals surface area contributed by atoms with E-state index in [9.17, 15) is 9.59 Å². The number of halogens is 1. The summed E-state index contributed by atoms with van der Waals surface area (Å²) in [5.41, 5.74) is 3.07. The van der Waals surface area contributed by atoms with Crippen molar-refractivity contribution < 1.29 is 19.4 Å². The van der Waals surface area contributed by atoms with Crippen molar-refractivity contribution in [1.82, 2.24) is 4.57 Å². The third kappa shape index (κ3) is 3.83. The summed E-state index contributed by atoms with van der Waals surface area (Å²) in [4.78, 5) is 24.1. The molecule has 3 aromatic rings. The number of hydrogen-bond donors (Lipinski definition) is 1. The van der Waals surface area contributed by atoms with Gasteiger partial charge >= 0.3 is 5.97 Å². The van der Waals surface area contributed by atoms with Crippen molar-refractivity contribution in [3.05, 3.63) is 64.3 Å². The number of aliphatic carboxylic acids is 1. The zero-order valence-corrected chi connectivity index (χ0v) is 15.9. The second-order valence-electron chi connectivity index (χ2n) is 6.35. The zero-order chi connectivity index (χ0) is 19.6. The molecular weight excluding hydrogens is 366 g/mol. The number of fused-ring (bicyclic) bond motifs is 1. The number of benzene rings is 2. The lowest BCUT2D eigenvalue weighted by Gasteiger charge is -2.10. The lowest BCUT2D eigenvalue weighted by atomic mass is 10.1. The molecule has 3 rings (SSSR count). The highest BCUT2D eigenvalue weighted by Crippen LogP contribution is 2.31. The van der Waals surface area contributed by atoms with Gasteiger partial charge in [-0.1, -0.05) is 11.6 Å². The number of rotatable bonds is 6. The average Bonchev–Trinajstić information content (AvgIpc) is 2.93. The van der Waals surface area contributed by atoms with E-state index in [0.29, 0.717) is 29.2 Å². The highest BCUT2D eigenvalue weighted by Gasteiger charge is 2.21. The van der Waals surface area contributed by atoms with Crippen LogP contribution in [0.5, 0.6) is 5.75 Å². The van der Waals surface area contributed by atoms with E-state index in [0.717, 1.165) is 22.2 Å². The fourth-order valence-corrected chi connectivity index (χ4v) is 3.39. The number of nitrogens with zero attached hydrogens (tertiary/aromatic N) is 1. The third-order valence-electron chi connectivity index (χ3n) is 4.65. The first kappa shape index (κ1) is 19.0. The predicted molar refractivity (Wildman–Crippen MR) is 105 cm³/mol. The van der Waals surface area contributed by atoms with Crippen molar-refractivity contribution in [1.29, 1.82) is 0 Å². The first-order valence-electron chi connectivity index (χ1n) is 8.62. The molecule has 1 N–H and O–H groups in total. The number of methoxy groups -OCH3 is 1. The maximum absolute atomic E-state index is 13.2. The largest absolute Gasteiger partial charge is 0.497 e. The molecule has 0 saturated carbocycles. The molecule has 0 aliphatic rings. The van der Waals surface area contributed by atoms with E-state index in [4.69, 9.17) is 21.4 Å². The van der Waals surface area contributed by atoms with E-state index in [1.54, 1.807) is 35.9 Å². The Balaban J connectivity index is 2.13. The summed E-state index contributed by atoms with van der Waals surface area (Å²) in [5.74, 6) is -0.306. The van der Waals surface area contributed by atoms with Crippen LogP contribution in [-0.4, -0.2) is 28.7 Å². The van der Waals surface area contributed by atoms with Crippen LogP contribution in [0.4, 0.5) is 0 Å². The van der Waals surface area contributed by atoms with Gasteiger partial charge in [0.2, 0.25) is 0 Å². The second kappa shape index (κ2) is 7.84. The Bertz CT molecular complexity index is 1010. The van der Waals surface area contributed by atoms with E-state index in [2.05, 4.69) is 0 Å². The molecule has 0 bridgehead atoms. The van der Waals surface area contributed by atoms with Crippen LogP contribution in [-0.2, 0) is 11.2 Å². The maximum Gasteiger partial charge on any atom is 0.303 e. The molecule has 0 radical (unpaired) electrons. The molecule has 0 amide bonds. The molecule has 1 aromatic heterocycles. The highest BCUT2D eigenvalue weighted by atomic mass is 35.5. The van der Waals surface area contributed by atoms with Gasteiger partial charge in [-0.2, -0.15) is 0 Å². The first-order valence-corrected chi connectivity index (χ1v) is 9.00. The molecule has 0 aliphatic heterocycles. The van der Waals surface area contributed by atoms with Gasteiger partial charge < -0.3 is 9.84 Å². The smallest absolute Gasteiger partial charge is 0.303 e. The van der Waals surface area contributed by atoms with Crippen molar-refractivity contribution in [3.63, 3.8) is 0 Å². The Morgan fingerprint density at radius 1 is 1.15 bits per heavy atom. The Kier molecular flexibility index (Phi) is 5.51. The van der Waals surface area contributed by atoms with Crippen LogP contribution in [0.25, 0.3) is 10.9 Å². The summed E-state index contributed by atoms with van der Waals surface area (Å²) < 4.78 is 6.99. The minimum atomic E-state index is -0.846. The number of carbonyl (C=O) groups is 2. The van der Waals surface area contributed by atoms with Crippen LogP contribution in [0.3, 0.4) is 0 Å². The van der Waals surface area contributed by atoms with Gasteiger partial charge in [0.25, 0.3) is 5.91 Å². The first-order chi connectivity index (χ1) is 12.9. The summed E-state index contributed by atoms with van der Waals surface area (Å²) in [6.45, 7) is 1.95. The van der Waals surface area contributed by atoms with E-state index < -0.39 is 5.97 Å². The lowest BCUT2D eigenvalue weighted by molar-refractivity contribution is -0.137. The normalized spacial score (nSPS) is 10.9. The predicted octanol–water partition coefficient (Wildman–Crippen LogP) is 4.71. The number of carboxylic acid groups (broad SMARTS) is 1. The quantitative estimate of drug-likeness (QED) is 0.667. The average molecular weight is 386 g/mol. The number of carboxylic acids is 1. The molecule has 6 heteroatoms. The van der Waals surface area contributed by atoms with Crippen molar-refractivity contribution in [2.45, 2.75) is 26.2 Å². The molecule has 0 atom stereocenters. The Morgan fingerprint density at radius 3 is 2.48 bits per heavy atom. The van der Waals surface area contributed by atoms with Gasteiger partial charge in [-0.15, -0.1) is 0 Å². The summed E-state index contributed by atoms with van der Waals surface area (Å²) in [6.07, 6.45) is 1.01. The molecule has 0 fully saturated rings. The Hall–Kier alpha value is -2.79. The van der Waals surface area contributed by atoms with Gasteiger partial charge in [-0.25, -0.2) is 0 Å². The number of aryl methyl sites for hydroxylation is 1. The van der Waals surface area contributed by atoms with E-state index >= 15 is 0 Å².